The van der Waals surface area contributed by atoms with Crippen LogP contribution in [0.2, 0.25) is 0 Å². The van der Waals surface area contributed by atoms with E-state index >= 15 is 0 Å². The first kappa shape index (κ1) is 48.3. The van der Waals surface area contributed by atoms with Crippen LogP contribution >= 0.6 is 11.3 Å². The summed E-state index contributed by atoms with van der Waals surface area (Å²) in [6.07, 6.45) is 3.99. The van der Waals surface area contributed by atoms with Crippen LogP contribution in [0.3, 0.4) is 0 Å². The summed E-state index contributed by atoms with van der Waals surface area (Å²) in [5, 5.41) is 9.07. The third-order valence-electron chi connectivity index (χ3n) is 9.59. The summed E-state index contributed by atoms with van der Waals surface area (Å²) < 4.78 is 39.5. The van der Waals surface area contributed by atoms with Crippen LogP contribution in [0, 0.1) is 0 Å². The van der Waals surface area contributed by atoms with Crippen molar-refractivity contribution in [3.8, 4) is 17.2 Å². The van der Waals surface area contributed by atoms with E-state index in [-0.39, 0.29) is 37.7 Å². The molecular weight excluding hydrogens is 879 g/mol. The van der Waals surface area contributed by atoms with E-state index in [1.165, 1.54) is 35.6 Å². The number of hydrogen-bond donors (Lipinski definition) is 0. The van der Waals surface area contributed by atoms with Crippen molar-refractivity contribution in [3.05, 3.63) is 163 Å². The predicted octanol–water partition coefficient (Wildman–Crippen LogP) is 8.63. The summed E-state index contributed by atoms with van der Waals surface area (Å²) in [4.78, 5) is 66.2. The van der Waals surface area contributed by atoms with Gasteiger partial charge in [0.15, 0.2) is 6.10 Å². The van der Waals surface area contributed by atoms with Crippen molar-refractivity contribution in [1.82, 2.24) is 4.98 Å². The first-order chi connectivity index (χ1) is 32.2. The maximum atomic E-state index is 13.5. The van der Waals surface area contributed by atoms with E-state index < -0.39 is 41.6 Å². The van der Waals surface area contributed by atoms with Crippen molar-refractivity contribution in [2.45, 2.75) is 32.0 Å². The SMILES string of the molecule is C=CC(=O)OCC(COc1ccc(C(=O)Oc2ccc(CCOC(=O)c3ccc(OC(C)(C)COC(=O)C=C)cc3)cc2/C=N/N(C)c2nc3c(ccc4ccccc43)s2)cc1)OC(=O)C=C. The van der Waals surface area contributed by atoms with Crippen LogP contribution in [0.1, 0.15) is 45.7 Å². The smallest absolute Gasteiger partial charge is 0.343 e. The standard InChI is InChI=1S/C51H47N3O12S/c1-7-44(55)62-31-40(64-46(57)9-3)30-61-38-20-15-36(16-21-38)49(59)65-42-24-14-33(26-27-60-48(58)35-17-22-39(23-18-35)66-51(4,5)32-63-45(56)8-2)28-37(42)29-52-54(6)50-53-47-41-13-11-10-12-34(41)19-25-43(47)67-50/h7-25,28-29,40H,1-3,26-27,30-32H2,4-6H3/b52-29+. The summed E-state index contributed by atoms with van der Waals surface area (Å²) in [5.74, 6) is -2.15. The lowest BCUT2D eigenvalue weighted by Gasteiger charge is -2.25. The van der Waals surface area contributed by atoms with E-state index in [1.807, 2.05) is 30.3 Å². The molecule has 16 heteroatoms. The number of hydrogen-bond acceptors (Lipinski definition) is 16. The van der Waals surface area contributed by atoms with Crippen molar-refractivity contribution in [2.75, 3.05) is 38.5 Å². The lowest BCUT2D eigenvalue weighted by Crippen LogP contribution is -2.35. The van der Waals surface area contributed by atoms with Crippen molar-refractivity contribution in [1.29, 1.82) is 0 Å². The van der Waals surface area contributed by atoms with Gasteiger partial charge in [-0.1, -0.05) is 67.5 Å². The second-order valence-corrected chi connectivity index (χ2v) is 16.2. The van der Waals surface area contributed by atoms with Gasteiger partial charge in [-0.2, -0.15) is 5.10 Å². The molecule has 0 bridgehead atoms. The number of hydrazone groups is 1. The van der Waals surface area contributed by atoms with E-state index in [0.29, 0.717) is 34.2 Å². The monoisotopic (exact) mass is 925 g/mol. The molecule has 6 aromatic rings. The molecule has 0 N–H and O–H groups in total. The first-order valence-electron chi connectivity index (χ1n) is 20.8. The number of nitrogens with zero attached hydrogens (tertiary/aromatic N) is 3. The van der Waals surface area contributed by atoms with Gasteiger partial charge in [-0.05, 0) is 91.5 Å². The number of thiazole rings is 1. The van der Waals surface area contributed by atoms with Crippen molar-refractivity contribution in [3.63, 3.8) is 0 Å². The molecule has 1 unspecified atom stereocenters. The second kappa shape index (κ2) is 22.7. The molecule has 1 atom stereocenters. The molecule has 1 heterocycles. The minimum atomic E-state index is -0.941. The Kier molecular flexibility index (Phi) is 16.4. The quantitative estimate of drug-likeness (QED) is 0.0158. The van der Waals surface area contributed by atoms with Crippen LogP contribution in [0.5, 0.6) is 17.2 Å². The third-order valence-corrected chi connectivity index (χ3v) is 10.7. The third kappa shape index (κ3) is 13.7. The van der Waals surface area contributed by atoms with Crippen LogP contribution in [0.25, 0.3) is 21.0 Å². The number of benzene rings is 5. The Balaban J connectivity index is 1.14. The highest BCUT2D eigenvalue weighted by atomic mass is 32.1. The Bertz CT molecular complexity index is 2820. The van der Waals surface area contributed by atoms with Gasteiger partial charge in [-0.25, -0.2) is 34.0 Å². The fourth-order valence-electron chi connectivity index (χ4n) is 6.19. The first-order valence-corrected chi connectivity index (χ1v) is 21.6. The fraction of sp³-hybridized carbons (Fsp3) is 0.196. The second-order valence-electron chi connectivity index (χ2n) is 15.2. The van der Waals surface area contributed by atoms with Crippen molar-refractivity contribution >= 4 is 73.5 Å². The van der Waals surface area contributed by atoms with E-state index in [1.54, 1.807) is 74.6 Å². The molecular formula is C51H47N3O12S. The van der Waals surface area contributed by atoms with Gasteiger partial charge in [-0.3, -0.25) is 0 Å². The van der Waals surface area contributed by atoms with Gasteiger partial charge in [0.05, 0.1) is 34.2 Å². The van der Waals surface area contributed by atoms with E-state index in [0.717, 1.165) is 44.8 Å². The Morgan fingerprint density at radius 3 is 2.15 bits per heavy atom. The Hall–Kier alpha value is -8.11. The Morgan fingerprint density at radius 1 is 0.761 bits per heavy atom. The minimum absolute atomic E-state index is 0.00159. The molecule has 5 aromatic carbocycles. The molecule has 6 rings (SSSR count). The van der Waals surface area contributed by atoms with Crippen molar-refractivity contribution in [2.24, 2.45) is 5.10 Å². The highest BCUT2D eigenvalue weighted by Crippen LogP contribution is 2.33. The molecule has 15 nitrogen and oxygen atoms in total. The fourth-order valence-corrected chi connectivity index (χ4v) is 7.09. The zero-order valence-electron chi connectivity index (χ0n) is 37.0. The van der Waals surface area contributed by atoms with Crippen LogP contribution < -0.4 is 19.2 Å². The molecule has 67 heavy (non-hydrogen) atoms. The largest absolute Gasteiger partial charge is 0.490 e. The average molecular weight is 926 g/mol. The number of esters is 5. The van der Waals surface area contributed by atoms with E-state index in [2.05, 4.69) is 30.9 Å². The molecule has 0 aliphatic carbocycles. The molecule has 1 aromatic heterocycles. The maximum absolute atomic E-state index is 13.5. The highest BCUT2D eigenvalue weighted by Gasteiger charge is 2.23. The van der Waals surface area contributed by atoms with Crippen LogP contribution in [-0.2, 0) is 39.8 Å². The van der Waals surface area contributed by atoms with E-state index in [4.69, 9.17) is 38.1 Å². The lowest BCUT2D eigenvalue weighted by atomic mass is 10.1. The predicted molar refractivity (Wildman–Crippen MR) is 254 cm³/mol. The van der Waals surface area contributed by atoms with Gasteiger partial charge < -0.3 is 33.2 Å². The number of carbonyl (C=O) groups is 5. The number of rotatable bonds is 22. The summed E-state index contributed by atoms with van der Waals surface area (Å²) in [7, 11) is 1.77. The summed E-state index contributed by atoms with van der Waals surface area (Å²) in [5.41, 5.74) is 1.79. The molecule has 344 valence electrons. The van der Waals surface area contributed by atoms with Gasteiger partial charge in [0.25, 0.3) is 0 Å². The topological polar surface area (TPSA) is 178 Å². The molecule has 0 amide bonds. The zero-order valence-corrected chi connectivity index (χ0v) is 37.8. The molecule has 0 radical (unpaired) electrons. The number of ether oxygens (including phenoxy) is 7. The highest BCUT2D eigenvalue weighted by molar-refractivity contribution is 7.22. The van der Waals surface area contributed by atoms with Crippen LogP contribution in [-0.4, -0.2) is 86.2 Å². The molecule has 0 aliphatic rings. The summed E-state index contributed by atoms with van der Waals surface area (Å²) in [6.45, 7) is 13.2. The number of aromatic nitrogens is 1. The number of fused-ring (bicyclic) bond motifs is 3. The molecule has 0 spiro atoms. The van der Waals surface area contributed by atoms with Gasteiger partial charge >= 0.3 is 29.8 Å². The van der Waals surface area contributed by atoms with Crippen LogP contribution in [0.4, 0.5) is 5.13 Å². The van der Waals surface area contributed by atoms with E-state index in [9.17, 15) is 24.0 Å². The average Bonchev–Trinajstić information content (AvgIpc) is 3.79. The number of carbonyl (C=O) groups excluding carboxylic acids is 5. The normalized spacial score (nSPS) is 11.6. The van der Waals surface area contributed by atoms with Gasteiger partial charge in [0.1, 0.15) is 42.7 Å². The number of anilines is 1. The van der Waals surface area contributed by atoms with Crippen LogP contribution in [0.15, 0.2) is 146 Å². The summed E-state index contributed by atoms with van der Waals surface area (Å²) >= 11 is 1.48. The molecule has 0 fully saturated rings. The van der Waals surface area contributed by atoms with Gasteiger partial charge in [-0.15, -0.1) is 0 Å². The lowest BCUT2D eigenvalue weighted by molar-refractivity contribution is -0.154. The Labute approximate surface area is 390 Å². The molecule has 0 aliphatic heterocycles. The minimum Gasteiger partial charge on any atom is -0.490 e. The maximum Gasteiger partial charge on any atom is 0.343 e. The molecule has 0 saturated carbocycles. The Morgan fingerprint density at radius 2 is 1.43 bits per heavy atom. The van der Waals surface area contributed by atoms with Gasteiger partial charge in [0.2, 0.25) is 5.13 Å². The summed E-state index contributed by atoms with van der Waals surface area (Å²) in [6, 6.07) is 29.8. The molecule has 0 saturated heterocycles. The zero-order chi connectivity index (χ0) is 47.9. The van der Waals surface area contributed by atoms with Crippen molar-refractivity contribution < 1.29 is 57.1 Å². The van der Waals surface area contributed by atoms with Gasteiger partial charge in [0, 0.05) is 42.6 Å².